The van der Waals surface area contributed by atoms with Crippen molar-refractivity contribution in [3.8, 4) is 0 Å². The van der Waals surface area contributed by atoms with Crippen LogP contribution in [-0.2, 0) is 0 Å². The number of hydrogen-bond donors (Lipinski definition) is 7. The molecule has 0 aromatic carbocycles. The molecule has 0 aliphatic heterocycles. The predicted octanol–water partition coefficient (Wildman–Crippen LogP) is 10.4. The van der Waals surface area contributed by atoms with Gasteiger partial charge in [-0.1, -0.05) is 124 Å². The van der Waals surface area contributed by atoms with Crippen LogP contribution in [0.3, 0.4) is 0 Å². The van der Waals surface area contributed by atoms with E-state index in [-0.39, 0.29) is 20.3 Å². The molecule has 0 saturated carbocycles. The van der Waals surface area contributed by atoms with E-state index < -0.39 is 19.9 Å². The van der Waals surface area contributed by atoms with Crippen LogP contribution in [0.2, 0.25) is 0 Å². The fraction of sp³-hybridized carbons (Fsp3) is 1.00. The summed E-state index contributed by atoms with van der Waals surface area (Å²) in [5.74, 6) is 0.478. The summed E-state index contributed by atoms with van der Waals surface area (Å²) in [6, 6.07) is 0. The van der Waals surface area contributed by atoms with Crippen molar-refractivity contribution in [1.82, 2.24) is 0 Å². The molecule has 0 aromatic rings. The zero-order valence-corrected chi connectivity index (χ0v) is 40.6. The van der Waals surface area contributed by atoms with Crippen LogP contribution < -0.4 is 18.9 Å². The molecule has 3 unspecified atom stereocenters. The summed E-state index contributed by atoms with van der Waals surface area (Å²) in [6.07, 6.45) is 27.4. The van der Waals surface area contributed by atoms with Crippen molar-refractivity contribution in [1.29, 1.82) is 0 Å². The van der Waals surface area contributed by atoms with Gasteiger partial charge in [0.05, 0.1) is 17.7 Å². The van der Waals surface area contributed by atoms with Gasteiger partial charge in [0.15, 0.2) is 32.0 Å². The summed E-state index contributed by atoms with van der Waals surface area (Å²) in [4.78, 5) is 48.7. The molecule has 0 aromatic heterocycles. The Kier molecular flexibility index (Phi) is 100. The van der Waals surface area contributed by atoms with Crippen molar-refractivity contribution in [2.24, 2.45) is 38.0 Å². The summed E-state index contributed by atoms with van der Waals surface area (Å²) in [7, 11) is 2.06. The topological polar surface area (TPSA) is 318 Å². The molecule has 23 heteroatoms. The van der Waals surface area contributed by atoms with E-state index in [2.05, 4.69) is 83.8 Å². The number of nitrogens with zero attached hydrogens (tertiary/aromatic N) is 6. The summed E-state index contributed by atoms with van der Waals surface area (Å²) in [5, 5.41) is 57.9. The monoisotopic (exact) mass is 887 g/mol. The normalized spacial score (nSPS) is 10.7. The van der Waals surface area contributed by atoms with Crippen molar-refractivity contribution in [2.45, 2.75) is 162 Å². The molecular weight excluding hydrogens is 800 g/mol. The maximum Gasteiger partial charge on any atom is 1.00 e. The first-order valence-electron chi connectivity index (χ1n) is 19.1. The number of hydrogen-bond acceptors (Lipinski definition) is 13. The van der Waals surface area contributed by atoms with Gasteiger partial charge in [0, 0.05) is 54.5 Å². The Balaban J connectivity index is -0.0000000622. The van der Waals surface area contributed by atoms with Crippen molar-refractivity contribution in [3.05, 3.63) is 29.4 Å². The van der Waals surface area contributed by atoms with Crippen LogP contribution in [0.1, 0.15) is 158 Å². The number of aliphatic hydroxyl groups is 1. The molecule has 0 saturated heterocycles. The average molecular weight is 887 g/mol. The molecule has 57 heavy (non-hydrogen) atoms. The van der Waals surface area contributed by atoms with E-state index in [4.69, 9.17) is 60.7 Å². The van der Waals surface area contributed by atoms with E-state index in [1.165, 1.54) is 160 Å². The molecule has 0 spiro atoms. The van der Waals surface area contributed by atoms with Gasteiger partial charge < -0.3 is 37.8 Å². The van der Waals surface area contributed by atoms with Crippen molar-refractivity contribution < 1.29 is 56.6 Å². The number of unbranched alkanes of at least 4 members (excludes halogenated alkanes) is 13. The molecule has 0 aliphatic carbocycles. The standard InChI is InChI=1S/C24H51OP.2C5H14P.Li.6HNO2.H/c1-4-7-10-13-15-18-21-23(20-17-12-9-6-3)24(25,26)22-19-16-14-11-8-5-2;2*1-5-6(2,3)4;;6*2-1-3;/h23,25H,4-22,26H2,1-3H3;2*5H2,1-4H3;;6*(H,2,3);/q;3*+1;;;;;;;-1. The average Bonchev–Trinajstić information content (AvgIpc) is 3.11. The number of rotatable bonds is 22. The zero-order valence-electron chi connectivity index (χ0n) is 38.7. The molecule has 0 aliphatic rings. The van der Waals surface area contributed by atoms with Gasteiger partial charge in [0.2, 0.25) is 0 Å². The molecule has 0 radical (unpaired) electrons. The van der Waals surface area contributed by atoms with Gasteiger partial charge in [-0.2, -0.15) is 0 Å². The summed E-state index contributed by atoms with van der Waals surface area (Å²) >= 11 is 0. The van der Waals surface area contributed by atoms with Gasteiger partial charge in [0.1, 0.15) is 0 Å². The Morgan fingerprint density at radius 2 is 0.632 bits per heavy atom. The van der Waals surface area contributed by atoms with Gasteiger partial charge in [-0.05, 0) is 39.0 Å². The van der Waals surface area contributed by atoms with Crippen LogP contribution in [0.5, 0.6) is 0 Å². The minimum Gasteiger partial charge on any atom is -1.00 e. The van der Waals surface area contributed by atoms with E-state index in [1.807, 2.05) is 0 Å². The first-order valence-corrected chi connectivity index (χ1v) is 26.3. The van der Waals surface area contributed by atoms with Crippen molar-refractivity contribution in [2.75, 3.05) is 52.3 Å². The van der Waals surface area contributed by atoms with E-state index >= 15 is 0 Å². The second kappa shape index (κ2) is 71.9. The van der Waals surface area contributed by atoms with E-state index in [9.17, 15) is 5.11 Å². The Bertz CT molecular complexity index is 712. The van der Waals surface area contributed by atoms with Crippen LogP contribution in [-0.4, -0.2) is 94.0 Å². The first kappa shape index (κ1) is 79.4. The molecule has 3 atom stereocenters. The quantitative estimate of drug-likeness (QED) is 0.0175. The van der Waals surface area contributed by atoms with Gasteiger partial charge in [-0.15, -0.1) is 38.7 Å². The predicted molar refractivity (Wildman–Crippen MR) is 240 cm³/mol. The smallest absolute Gasteiger partial charge is 1.00 e. The summed E-state index contributed by atoms with van der Waals surface area (Å²) in [5.41, 5.74) is 0. The zero-order chi connectivity index (χ0) is 46.2. The Hall–Kier alpha value is -1.75. The third kappa shape index (κ3) is 134. The Morgan fingerprint density at radius 1 is 0.456 bits per heavy atom. The van der Waals surface area contributed by atoms with Gasteiger partial charge in [-0.25, -0.2) is 0 Å². The largest absolute Gasteiger partial charge is 1.00 e. The van der Waals surface area contributed by atoms with Crippen LogP contribution in [0.15, 0.2) is 32.0 Å². The molecule has 0 bridgehead atoms. The van der Waals surface area contributed by atoms with E-state index in [1.54, 1.807) is 0 Å². The van der Waals surface area contributed by atoms with Gasteiger partial charge in [-0.3, -0.25) is 0 Å². The maximum absolute atomic E-state index is 11.1. The van der Waals surface area contributed by atoms with Crippen LogP contribution in [0, 0.1) is 35.4 Å². The maximum atomic E-state index is 11.1. The minimum atomic E-state index is -0.527. The molecule has 7 N–H and O–H groups in total. The third-order valence-electron chi connectivity index (χ3n) is 7.85. The summed E-state index contributed by atoms with van der Waals surface area (Å²) in [6.45, 7) is 25.5. The molecule has 344 valence electrons. The molecule has 0 fully saturated rings. The van der Waals surface area contributed by atoms with Crippen molar-refractivity contribution >= 4 is 23.8 Å². The Labute approximate surface area is 361 Å². The second-order valence-electron chi connectivity index (χ2n) is 14.3. The van der Waals surface area contributed by atoms with Gasteiger partial charge >= 0.3 is 18.9 Å². The van der Waals surface area contributed by atoms with Crippen LogP contribution in [0.25, 0.3) is 0 Å². The van der Waals surface area contributed by atoms with Crippen LogP contribution >= 0.6 is 23.8 Å². The summed E-state index contributed by atoms with van der Waals surface area (Å²) < 4.78 is 0. The van der Waals surface area contributed by atoms with E-state index in [0.717, 1.165) is 6.42 Å². The Morgan fingerprint density at radius 3 is 0.842 bits per heavy atom. The molecule has 19 nitrogen and oxygen atoms in total. The second-order valence-corrected chi connectivity index (χ2v) is 25.7. The first-order chi connectivity index (χ1) is 26.2. The fourth-order valence-corrected chi connectivity index (χ4v) is 4.56. The minimum absolute atomic E-state index is 0. The molecular formula is C34H86LiN6O13P3+2. The van der Waals surface area contributed by atoms with E-state index in [0.29, 0.717) is 5.92 Å². The third-order valence-corrected chi connectivity index (χ3v) is 12.4. The molecule has 0 rings (SSSR count). The molecule has 0 heterocycles. The van der Waals surface area contributed by atoms with Gasteiger partial charge in [0.25, 0.3) is 0 Å². The van der Waals surface area contributed by atoms with Crippen LogP contribution in [0.4, 0.5) is 0 Å². The fourth-order valence-electron chi connectivity index (χ4n) is 4.03. The molecule has 0 amide bonds. The van der Waals surface area contributed by atoms with Crippen molar-refractivity contribution in [3.63, 3.8) is 0 Å². The SMILES string of the molecule is CCCCCCCCC(CCCCCC)C(O)(P)CCCCCCCC.CC[P+](C)(C)C.CC[P+](C)(C)C.O=NO.O=NO.O=NO.O=NO.O=NO.O=NO.[H-].[Li+].